The molecule has 4 heteroatoms. The molecule has 0 aliphatic heterocycles. The summed E-state index contributed by atoms with van der Waals surface area (Å²) >= 11 is 0. The van der Waals surface area contributed by atoms with Crippen molar-refractivity contribution in [3.63, 3.8) is 0 Å². The Labute approximate surface area is 114 Å². The molecule has 3 N–H and O–H groups in total. The first kappa shape index (κ1) is 15.1. The number of nitrogens with one attached hydrogen (secondary N) is 1. The Kier molecular flexibility index (Phi) is 5.91. The minimum atomic E-state index is -0.612. The lowest BCUT2D eigenvalue weighted by Crippen LogP contribution is -2.36. The third-order valence-electron chi connectivity index (χ3n) is 2.80. The van der Waals surface area contributed by atoms with Crippen LogP contribution in [0.1, 0.15) is 31.9 Å². The van der Waals surface area contributed by atoms with Crippen molar-refractivity contribution in [3.8, 4) is 18.1 Å². The van der Waals surface area contributed by atoms with E-state index in [0.717, 1.165) is 12.0 Å². The molecule has 1 aromatic carbocycles. The van der Waals surface area contributed by atoms with Crippen molar-refractivity contribution in [1.82, 2.24) is 5.32 Å². The highest BCUT2D eigenvalue weighted by atomic mass is 16.5. The minimum absolute atomic E-state index is 0.0998. The molecule has 2 unspecified atom stereocenters. The highest BCUT2D eigenvalue weighted by Crippen LogP contribution is 2.26. The van der Waals surface area contributed by atoms with Crippen LogP contribution in [0.25, 0.3) is 0 Å². The molecule has 19 heavy (non-hydrogen) atoms. The highest BCUT2D eigenvalue weighted by molar-refractivity contribution is 5.80. The molecule has 0 bridgehead atoms. The number of amides is 1. The van der Waals surface area contributed by atoms with Gasteiger partial charge in [-0.3, -0.25) is 4.79 Å². The van der Waals surface area contributed by atoms with E-state index in [4.69, 9.17) is 16.9 Å². The topological polar surface area (TPSA) is 64.3 Å². The van der Waals surface area contributed by atoms with Gasteiger partial charge in [-0.25, -0.2) is 0 Å². The van der Waals surface area contributed by atoms with Crippen molar-refractivity contribution < 1.29 is 9.53 Å². The molecule has 0 saturated carbocycles. The number of hydrogen-bond donors (Lipinski definition) is 2. The van der Waals surface area contributed by atoms with E-state index < -0.39 is 6.10 Å². The first-order valence-corrected chi connectivity index (χ1v) is 6.32. The zero-order valence-electron chi connectivity index (χ0n) is 11.3. The molecule has 1 amide bonds. The Morgan fingerprint density at radius 3 is 2.84 bits per heavy atom. The van der Waals surface area contributed by atoms with Crippen LogP contribution in [-0.4, -0.2) is 18.6 Å². The van der Waals surface area contributed by atoms with Gasteiger partial charge in [-0.15, -0.1) is 6.42 Å². The number of nitrogens with two attached hydrogens (primary N) is 1. The van der Waals surface area contributed by atoms with Crippen LogP contribution in [0.2, 0.25) is 0 Å². The second kappa shape index (κ2) is 7.45. The Hall–Kier alpha value is -1.99. The molecule has 102 valence electrons. The van der Waals surface area contributed by atoms with E-state index in [-0.39, 0.29) is 18.5 Å². The second-order valence-electron chi connectivity index (χ2n) is 4.23. The number of ether oxygens (including phenoxy) is 1. The minimum Gasteiger partial charge on any atom is -0.481 e. The van der Waals surface area contributed by atoms with Crippen LogP contribution < -0.4 is 15.8 Å². The number of carbonyl (C=O) groups excluding carboxylic acids is 1. The van der Waals surface area contributed by atoms with E-state index in [1.807, 2.05) is 31.2 Å². The first-order valence-electron chi connectivity index (χ1n) is 6.32. The Bertz CT molecular complexity index is 465. The van der Waals surface area contributed by atoms with Gasteiger partial charge in [0.05, 0.1) is 6.54 Å². The molecule has 0 spiro atoms. The summed E-state index contributed by atoms with van der Waals surface area (Å²) < 4.78 is 5.67. The van der Waals surface area contributed by atoms with E-state index in [1.165, 1.54) is 0 Å². The monoisotopic (exact) mass is 260 g/mol. The smallest absolute Gasteiger partial charge is 0.261 e. The summed E-state index contributed by atoms with van der Waals surface area (Å²) in [7, 11) is 0. The molecule has 1 rings (SSSR count). The average Bonchev–Trinajstić information content (AvgIpc) is 2.44. The molecule has 0 aliphatic carbocycles. The van der Waals surface area contributed by atoms with E-state index >= 15 is 0 Å². The molecular formula is C15H20N2O2. The van der Waals surface area contributed by atoms with Gasteiger partial charge in [0, 0.05) is 11.6 Å². The van der Waals surface area contributed by atoms with Crippen molar-refractivity contribution >= 4 is 5.91 Å². The zero-order chi connectivity index (χ0) is 14.3. The quantitative estimate of drug-likeness (QED) is 0.764. The SMILES string of the molecule is C#CCNC(=O)C(C)Oc1ccccc1C(N)CC. The third kappa shape index (κ3) is 4.31. The lowest BCUT2D eigenvalue weighted by Gasteiger charge is -2.19. The maximum atomic E-state index is 11.7. The Balaban J connectivity index is 2.76. The van der Waals surface area contributed by atoms with Crippen molar-refractivity contribution in [2.45, 2.75) is 32.4 Å². The van der Waals surface area contributed by atoms with Gasteiger partial charge in [0.1, 0.15) is 5.75 Å². The maximum absolute atomic E-state index is 11.7. The summed E-state index contributed by atoms with van der Waals surface area (Å²) in [6.45, 7) is 3.88. The number of rotatable bonds is 6. The van der Waals surface area contributed by atoms with Gasteiger partial charge in [-0.1, -0.05) is 31.0 Å². The van der Waals surface area contributed by atoms with Crippen LogP contribution in [0.15, 0.2) is 24.3 Å². The number of carbonyl (C=O) groups is 1. The van der Waals surface area contributed by atoms with Gasteiger partial charge in [0.15, 0.2) is 6.10 Å². The van der Waals surface area contributed by atoms with Crippen LogP contribution in [0, 0.1) is 12.3 Å². The molecule has 0 heterocycles. The number of para-hydroxylation sites is 1. The lowest BCUT2D eigenvalue weighted by molar-refractivity contribution is -0.127. The van der Waals surface area contributed by atoms with Crippen LogP contribution in [0.4, 0.5) is 0 Å². The fraction of sp³-hybridized carbons (Fsp3) is 0.400. The molecule has 0 radical (unpaired) electrons. The highest BCUT2D eigenvalue weighted by Gasteiger charge is 2.17. The zero-order valence-corrected chi connectivity index (χ0v) is 11.3. The summed E-state index contributed by atoms with van der Waals surface area (Å²) in [5.74, 6) is 2.75. The first-order chi connectivity index (χ1) is 9.10. The molecule has 0 fully saturated rings. The number of terminal acetylenes is 1. The van der Waals surface area contributed by atoms with E-state index in [0.29, 0.717) is 5.75 Å². The average molecular weight is 260 g/mol. The fourth-order valence-electron chi connectivity index (χ4n) is 1.64. The molecule has 1 aromatic rings. The van der Waals surface area contributed by atoms with Gasteiger partial charge < -0.3 is 15.8 Å². The number of benzene rings is 1. The molecule has 2 atom stereocenters. The van der Waals surface area contributed by atoms with E-state index in [1.54, 1.807) is 6.92 Å². The van der Waals surface area contributed by atoms with Crippen LogP contribution >= 0.6 is 0 Å². The van der Waals surface area contributed by atoms with Crippen molar-refractivity contribution in [2.24, 2.45) is 5.73 Å². The molecule has 0 aromatic heterocycles. The third-order valence-corrected chi connectivity index (χ3v) is 2.80. The van der Waals surface area contributed by atoms with Gasteiger partial charge in [0.2, 0.25) is 0 Å². The fourth-order valence-corrected chi connectivity index (χ4v) is 1.64. The van der Waals surface area contributed by atoms with Crippen LogP contribution in [0.3, 0.4) is 0 Å². The molecule has 0 saturated heterocycles. The predicted octanol–water partition coefficient (Wildman–Crippen LogP) is 1.61. The Morgan fingerprint density at radius 2 is 2.21 bits per heavy atom. The van der Waals surface area contributed by atoms with Crippen LogP contribution in [-0.2, 0) is 4.79 Å². The summed E-state index contributed by atoms with van der Waals surface area (Å²) in [4.78, 5) is 11.7. The lowest BCUT2D eigenvalue weighted by atomic mass is 10.0. The van der Waals surface area contributed by atoms with Crippen molar-refractivity contribution in [2.75, 3.05) is 6.54 Å². The van der Waals surface area contributed by atoms with Gasteiger partial charge in [-0.2, -0.15) is 0 Å². The van der Waals surface area contributed by atoms with Crippen molar-refractivity contribution in [1.29, 1.82) is 0 Å². The number of hydrogen-bond acceptors (Lipinski definition) is 3. The molecule has 0 aliphatic rings. The standard InChI is InChI=1S/C15H20N2O2/c1-4-10-17-15(18)11(3)19-14-9-7-6-8-12(14)13(16)5-2/h1,6-9,11,13H,5,10,16H2,2-3H3,(H,17,18). The molecule has 4 nitrogen and oxygen atoms in total. The predicted molar refractivity (Wildman–Crippen MR) is 75.6 cm³/mol. The largest absolute Gasteiger partial charge is 0.481 e. The van der Waals surface area contributed by atoms with Crippen molar-refractivity contribution in [3.05, 3.63) is 29.8 Å². The second-order valence-corrected chi connectivity index (χ2v) is 4.23. The molecular weight excluding hydrogens is 240 g/mol. The van der Waals surface area contributed by atoms with E-state index in [9.17, 15) is 4.79 Å². The van der Waals surface area contributed by atoms with Crippen LogP contribution in [0.5, 0.6) is 5.75 Å². The van der Waals surface area contributed by atoms with Gasteiger partial charge in [0.25, 0.3) is 5.91 Å². The Morgan fingerprint density at radius 1 is 1.53 bits per heavy atom. The summed E-state index contributed by atoms with van der Waals surface area (Å²) in [6, 6.07) is 7.39. The van der Waals surface area contributed by atoms with E-state index in [2.05, 4.69) is 11.2 Å². The summed E-state index contributed by atoms with van der Waals surface area (Å²) in [5.41, 5.74) is 6.92. The summed E-state index contributed by atoms with van der Waals surface area (Å²) in [6.07, 6.45) is 5.28. The maximum Gasteiger partial charge on any atom is 0.261 e. The van der Waals surface area contributed by atoms with Gasteiger partial charge >= 0.3 is 0 Å². The van der Waals surface area contributed by atoms with Gasteiger partial charge in [-0.05, 0) is 19.4 Å². The summed E-state index contributed by atoms with van der Waals surface area (Å²) in [5, 5.41) is 2.58. The normalized spacial score (nSPS) is 13.2.